The van der Waals surface area contributed by atoms with Crippen LogP contribution >= 0.6 is 0 Å². The van der Waals surface area contributed by atoms with E-state index in [-0.39, 0.29) is 6.04 Å². The van der Waals surface area contributed by atoms with E-state index >= 15 is 0 Å². The van der Waals surface area contributed by atoms with Crippen molar-refractivity contribution in [2.24, 2.45) is 0 Å². The second kappa shape index (κ2) is 9.16. The van der Waals surface area contributed by atoms with Crippen molar-refractivity contribution in [3.63, 3.8) is 0 Å². The lowest BCUT2D eigenvalue weighted by Crippen LogP contribution is -2.23. The smallest absolute Gasteiger partial charge is 0.0916 e. The van der Waals surface area contributed by atoms with Gasteiger partial charge >= 0.3 is 0 Å². The van der Waals surface area contributed by atoms with Crippen molar-refractivity contribution < 1.29 is 9.57 Å². The number of benzene rings is 1. The average molecular weight is 237 g/mol. The molecule has 1 N–H and O–H groups in total. The summed E-state index contributed by atoms with van der Waals surface area (Å²) in [5.41, 5.74) is 4.40. The van der Waals surface area contributed by atoms with Crippen LogP contribution in [-0.4, -0.2) is 20.3 Å². The zero-order chi connectivity index (χ0) is 12.3. The second-order valence-electron chi connectivity index (χ2n) is 4.06. The quantitative estimate of drug-likeness (QED) is 0.529. The van der Waals surface area contributed by atoms with Crippen molar-refractivity contribution >= 4 is 0 Å². The molecule has 17 heavy (non-hydrogen) atoms. The van der Waals surface area contributed by atoms with Gasteiger partial charge in [-0.25, -0.2) is 0 Å². The Bertz CT molecular complexity index is 277. The number of methoxy groups -OCH3 is 1. The third-order valence-electron chi connectivity index (χ3n) is 2.66. The van der Waals surface area contributed by atoms with Crippen LogP contribution in [0.3, 0.4) is 0 Å². The van der Waals surface area contributed by atoms with Crippen LogP contribution in [0.2, 0.25) is 0 Å². The normalized spacial score (nSPS) is 12.6. The van der Waals surface area contributed by atoms with Gasteiger partial charge in [0.2, 0.25) is 0 Å². The van der Waals surface area contributed by atoms with E-state index in [4.69, 9.17) is 9.57 Å². The molecule has 0 aliphatic heterocycles. The first-order valence-corrected chi connectivity index (χ1v) is 6.29. The predicted molar refractivity (Wildman–Crippen MR) is 69.7 cm³/mol. The molecular weight excluding hydrogens is 214 g/mol. The number of rotatable bonds is 9. The summed E-state index contributed by atoms with van der Waals surface area (Å²) >= 11 is 0. The molecule has 96 valence electrons. The standard InChI is InChI=1S/C14H23NO2/c1-3-4-10-14(15-17-12-11-16-2)13-8-6-5-7-9-13/h5-9,14-15H,3-4,10-12H2,1-2H3. The molecule has 0 spiro atoms. The summed E-state index contributed by atoms with van der Waals surface area (Å²) in [6, 6.07) is 10.7. The van der Waals surface area contributed by atoms with Gasteiger partial charge in [0.25, 0.3) is 0 Å². The van der Waals surface area contributed by atoms with Gasteiger partial charge in [-0.1, -0.05) is 50.1 Å². The Labute approximate surface area is 104 Å². The van der Waals surface area contributed by atoms with Gasteiger partial charge in [-0.15, -0.1) is 0 Å². The number of unbranched alkanes of at least 4 members (excludes halogenated alkanes) is 1. The van der Waals surface area contributed by atoms with E-state index in [0.717, 1.165) is 6.42 Å². The molecule has 1 atom stereocenters. The zero-order valence-electron chi connectivity index (χ0n) is 10.8. The van der Waals surface area contributed by atoms with Gasteiger partial charge in [0.1, 0.15) is 0 Å². The molecule has 1 rings (SSSR count). The minimum Gasteiger partial charge on any atom is -0.382 e. The Morgan fingerprint density at radius 2 is 1.94 bits per heavy atom. The number of hydrogen-bond acceptors (Lipinski definition) is 3. The minimum absolute atomic E-state index is 0.271. The van der Waals surface area contributed by atoms with E-state index in [0.29, 0.717) is 13.2 Å². The molecule has 3 nitrogen and oxygen atoms in total. The van der Waals surface area contributed by atoms with Gasteiger partial charge in [0.05, 0.1) is 19.3 Å². The number of ether oxygens (including phenoxy) is 1. The van der Waals surface area contributed by atoms with Gasteiger partial charge < -0.3 is 4.74 Å². The van der Waals surface area contributed by atoms with E-state index in [1.165, 1.54) is 18.4 Å². The summed E-state index contributed by atoms with van der Waals surface area (Å²) in [5.74, 6) is 0. The molecule has 1 aromatic rings. The molecule has 0 aliphatic carbocycles. The molecule has 0 radical (unpaired) electrons. The summed E-state index contributed by atoms with van der Waals surface area (Å²) < 4.78 is 4.95. The zero-order valence-corrected chi connectivity index (χ0v) is 10.8. The predicted octanol–water partition coefficient (Wildman–Crippen LogP) is 3.09. The van der Waals surface area contributed by atoms with Crippen LogP contribution in [0, 0.1) is 0 Å². The Hall–Kier alpha value is -0.900. The van der Waals surface area contributed by atoms with Gasteiger partial charge in [-0.2, -0.15) is 5.48 Å². The van der Waals surface area contributed by atoms with Crippen LogP contribution < -0.4 is 5.48 Å². The summed E-state index contributed by atoms with van der Waals surface area (Å²) in [6.45, 7) is 3.39. The van der Waals surface area contributed by atoms with E-state index in [9.17, 15) is 0 Å². The van der Waals surface area contributed by atoms with Crippen LogP contribution in [0.5, 0.6) is 0 Å². The van der Waals surface area contributed by atoms with Crippen LogP contribution in [0.1, 0.15) is 37.8 Å². The minimum atomic E-state index is 0.271. The van der Waals surface area contributed by atoms with Gasteiger partial charge in [-0.3, -0.25) is 4.84 Å². The van der Waals surface area contributed by atoms with Crippen LogP contribution in [0.25, 0.3) is 0 Å². The van der Waals surface area contributed by atoms with E-state index in [1.54, 1.807) is 7.11 Å². The Morgan fingerprint density at radius 3 is 2.59 bits per heavy atom. The SMILES string of the molecule is CCCCC(NOCCOC)c1ccccc1. The van der Waals surface area contributed by atoms with E-state index < -0.39 is 0 Å². The number of hydroxylamine groups is 1. The first-order valence-electron chi connectivity index (χ1n) is 6.29. The lowest BCUT2D eigenvalue weighted by molar-refractivity contribution is -0.0143. The summed E-state index contributed by atoms with van der Waals surface area (Å²) in [4.78, 5) is 5.41. The van der Waals surface area contributed by atoms with Crippen molar-refractivity contribution in [3.8, 4) is 0 Å². The van der Waals surface area contributed by atoms with E-state index in [2.05, 4.69) is 36.7 Å². The molecule has 0 aromatic heterocycles. The first kappa shape index (κ1) is 14.2. The topological polar surface area (TPSA) is 30.5 Å². The Balaban J connectivity index is 2.43. The fourth-order valence-electron chi connectivity index (χ4n) is 1.67. The molecular formula is C14H23NO2. The molecule has 0 amide bonds. The highest BCUT2D eigenvalue weighted by atomic mass is 16.7. The largest absolute Gasteiger partial charge is 0.382 e. The highest BCUT2D eigenvalue weighted by molar-refractivity contribution is 5.18. The van der Waals surface area contributed by atoms with Gasteiger partial charge in [0, 0.05) is 7.11 Å². The molecule has 0 saturated heterocycles. The maximum absolute atomic E-state index is 5.41. The second-order valence-corrected chi connectivity index (χ2v) is 4.06. The summed E-state index contributed by atoms with van der Waals surface area (Å²) in [5, 5.41) is 0. The average Bonchev–Trinajstić information content (AvgIpc) is 2.39. The Morgan fingerprint density at radius 1 is 1.18 bits per heavy atom. The first-order chi connectivity index (χ1) is 8.38. The maximum atomic E-state index is 5.41. The third-order valence-corrected chi connectivity index (χ3v) is 2.66. The van der Waals surface area contributed by atoms with Crippen molar-refractivity contribution in [2.45, 2.75) is 32.2 Å². The summed E-state index contributed by atoms with van der Waals surface area (Å²) in [6.07, 6.45) is 3.48. The third kappa shape index (κ3) is 5.82. The lowest BCUT2D eigenvalue weighted by Gasteiger charge is -2.18. The summed E-state index contributed by atoms with van der Waals surface area (Å²) in [7, 11) is 1.68. The van der Waals surface area contributed by atoms with Crippen molar-refractivity contribution in [1.82, 2.24) is 5.48 Å². The molecule has 0 saturated carbocycles. The monoisotopic (exact) mass is 237 g/mol. The molecule has 0 bridgehead atoms. The van der Waals surface area contributed by atoms with Crippen molar-refractivity contribution in [2.75, 3.05) is 20.3 Å². The van der Waals surface area contributed by atoms with E-state index in [1.807, 2.05) is 6.07 Å². The number of nitrogens with one attached hydrogen (secondary N) is 1. The van der Waals surface area contributed by atoms with Gasteiger partial charge in [0.15, 0.2) is 0 Å². The lowest BCUT2D eigenvalue weighted by atomic mass is 10.0. The maximum Gasteiger partial charge on any atom is 0.0916 e. The Kier molecular flexibility index (Phi) is 7.63. The molecule has 1 aromatic carbocycles. The van der Waals surface area contributed by atoms with Crippen molar-refractivity contribution in [1.29, 1.82) is 0 Å². The number of hydrogen-bond donors (Lipinski definition) is 1. The van der Waals surface area contributed by atoms with Crippen LogP contribution in [0.4, 0.5) is 0 Å². The highest BCUT2D eigenvalue weighted by Gasteiger charge is 2.09. The van der Waals surface area contributed by atoms with Crippen molar-refractivity contribution in [3.05, 3.63) is 35.9 Å². The fraction of sp³-hybridized carbons (Fsp3) is 0.571. The molecule has 0 aliphatic rings. The molecule has 0 heterocycles. The molecule has 1 unspecified atom stereocenters. The van der Waals surface area contributed by atoms with Crippen LogP contribution in [-0.2, 0) is 9.57 Å². The van der Waals surface area contributed by atoms with Gasteiger partial charge in [-0.05, 0) is 12.0 Å². The molecule has 3 heteroatoms. The molecule has 0 fully saturated rings. The highest BCUT2D eigenvalue weighted by Crippen LogP contribution is 2.18. The van der Waals surface area contributed by atoms with Crippen LogP contribution in [0.15, 0.2) is 30.3 Å². The fourth-order valence-corrected chi connectivity index (χ4v) is 1.67.